The number of hydrogen-bond donors (Lipinski definition) is 0. The van der Waals surface area contributed by atoms with Crippen molar-refractivity contribution >= 4 is 22.2 Å². The molecule has 0 aromatic carbocycles. The number of thiazole rings is 1. The first kappa shape index (κ1) is 14.7. The van der Waals surface area contributed by atoms with Crippen LogP contribution in [0.2, 0.25) is 0 Å². The van der Waals surface area contributed by atoms with Crippen LogP contribution < -0.4 is 0 Å². The van der Waals surface area contributed by atoms with Gasteiger partial charge in [-0.15, -0.1) is 11.3 Å². The summed E-state index contributed by atoms with van der Waals surface area (Å²) in [4.78, 5) is 23.8. The molecule has 0 aliphatic heterocycles. The summed E-state index contributed by atoms with van der Waals surface area (Å²) >= 11 is 1.56. The van der Waals surface area contributed by atoms with Crippen LogP contribution in [0.1, 0.15) is 28.7 Å². The van der Waals surface area contributed by atoms with E-state index in [9.17, 15) is 4.79 Å². The topological polar surface area (TPSA) is 50.5 Å². The van der Waals surface area contributed by atoms with E-state index in [1.807, 2.05) is 46.9 Å². The maximum absolute atomic E-state index is 12.6. The van der Waals surface area contributed by atoms with Crippen LogP contribution in [0.15, 0.2) is 36.1 Å². The van der Waals surface area contributed by atoms with Crippen LogP contribution in [0.4, 0.5) is 0 Å². The summed E-state index contributed by atoms with van der Waals surface area (Å²) in [5.74, 6) is -0.00754. The summed E-state index contributed by atoms with van der Waals surface area (Å²) in [7, 11) is 0. The zero-order chi connectivity index (χ0) is 15.5. The van der Waals surface area contributed by atoms with E-state index in [-0.39, 0.29) is 5.91 Å². The largest absolute Gasteiger partial charge is 0.337 e. The third kappa shape index (κ3) is 2.87. The number of hydrogen-bond acceptors (Lipinski definition) is 4. The molecular weight excluding hydrogens is 296 g/mol. The number of pyridine rings is 1. The molecule has 1 amide bonds. The molecule has 5 nitrogen and oxygen atoms in total. The van der Waals surface area contributed by atoms with Crippen LogP contribution in [-0.4, -0.2) is 38.3 Å². The van der Waals surface area contributed by atoms with E-state index in [1.165, 1.54) is 5.56 Å². The van der Waals surface area contributed by atoms with E-state index >= 15 is 0 Å². The monoisotopic (exact) mass is 314 g/mol. The molecule has 0 atom stereocenters. The Morgan fingerprint density at radius 3 is 2.82 bits per heavy atom. The van der Waals surface area contributed by atoms with Gasteiger partial charge in [0, 0.05) is 42.8 Å². The third-order valence-corrected chi connectivity index (χ3v) is 4.65. The summed E-state index contributed by atoms with van der Waals surface area (Å²) in [6.45, 7) is 5.37. The average Bonchev–Trinajstić information content (AvgIpc) is 3.11. The highest BCUT2D eigenvalue weighted by atomic mass is 32.1. The van der Waals surface area contributed by atoms with Crippen molar-refractivity contribution in [3.8, 4) is 0 Å². The Morgan fingerprint density at radius 1 is 1.36 bits per heavy atom. The van der Waals surface area contributed by atoms with Gasteiger partial charge < -0.3 is 4.90 Å². The van der Waals surface area contributed by atoms with Crippen molar-refractivity contribution in [1.82, 2.24) is 19.3 Å². The molecule has 6 heteroatoms. The van der Waals surface area contributed by atoms with Crippen molar-refractivity contribution < 1.29 is 4.79 Å². The quantitative estimate of drug-likeness (QED) is 0.727. The fourth-order valence-corrected chi connectivity index (χ4v) is 3.23. The van der Waals surface area contributed by atoms with Crippen LogP contribution in [-0.2, 0) is 6.42 Å². The lowest BCUT2D eigenvalue weighted by molar-refractivity contribution is 0.0761. The number of imidazole rings is 1. The van der Waals surface area contributed by atoms with E-state index in [1.54, 1.807) is 23.7 Å². The summed E-state index contributed by atoms with van der Waals surface area (Å²) in [5, 5.41) is 2.04. The lowest BCUT2D eigenvalue weighted by Crippen LogP contribution is -2.33. The molecule has 0 bridgehead atoms. The molecule has 3 heterocycles. The second-order valence-corrected chi connectivity index (χ2v) is 5.98. The highest BCUT2D eigenvalue weighted by Crippen LogP contribution is 2.17. The second kappa shape index (κ2) is 6.27. The highest BCUT2D eigenvalue weighted by molar-refractivity contribution is 7.15. The molecule has 0 unspecified atom stereocenters. The van der Waals surface area contributed by atoms with Crippen LogP contribution in [0.3, 0.4) is 0 Å². The molecule has 0 saturated heterocycles. The first-order valence-corrected chi connectivity index (χ1v) is 8.18. The van der Waals surface area contributed by atoms with Crippen LogP contribution in [0.5, 0.6) is 0 Å². The van der Waals surface area contributed by atoms with Gasteiger partial charge in [0.2, 0.25) is 0 Å². The smallest absolute Gasteiger partial charge is 0.274 e. The molecule has 3 aromatic rings. The first-order valence-electron chi connectivity index (χ1n) is 7.30. The number of carbonyl (C=O) groups is 1. The van der Waals surface area contributed by atoms with Gasteiger partial charge in [0.05, 0.1) is 0 Å². The summed E-state index contributed by atoms with van der Waals surface area (Å²) in [6.07, 6.45) is 6.21. The average molecular weight is 314 g/mol. The van der Waals surface area contributed by atoms with E-state index in [4.69, 9.17) is 0 Å². The first-order chi connectivity index (χ1) is 10.7. The fourth-order valence-electron chi connectivity index (χ4n) is 2.38. The number of fused-ring (bicyclic) bond motifs is 1. The van der Waals surface area contributed by atoms with Crippen molar-refractivity contribution in [2.75, 3.05) is 13.1 Å². The Bertz CT molecular complexity index is 778. The van der Waals surface area contributed by atoms with Gasteiger partial charge in [-0.3, -0.25) is 14.2 Å². The Hall–Kier alpha value is -2.21. The zero-order valence-electron chi connectivity index (χ0n) is 12.7. The van der Waals surface area contributed by atoms with Crippen LogP contribution in [0, 0.1) is 6.92 Å². The second-order valence-electron chi connectivity index (χ2n) is 5.15. The van der Waals surface area contributed by atoms with Gasteiger partial charge in [0.1, 0.15) is 5.69 Å². The number of amides is 1. The summed E-state index contributed by atoms with van der Waals surface area (Å²) in [6, 6.07) is 3.96. The molecule has 0 N–H and O–H groups in total. The molecule has 0 spiro atoms. The predicted octanol–water partition coefficient (Wildman–Crippen LogP) is 2.80. The number of aryl methyl sites for hydroxylation is 1. The maximum atomic E-state index is 12.6. The molecule has 3 aromatic heterocycles. The van der Waals surface area contributed by atoms with Crippen molar-refractivity contribution in [3.05, 3.63) is 53.1 Å². The van der Waals surface area contributed by atoms with Crippen molar-refractivity contribution in [3.63, 3.8) is 0 Å². The third-order valence-electron chi connectivity index (χ3n) is 3.70. The zero-order valence-corrected chi connectivity index (χ0v) is 13.5. The minimum Gasteiger partial charge on any atom is -0.337 e. The van der Waals surface area contributed by atoms with Crippen LogP contribution in [0.25, 0.3) is 4.96 Å². The molecule has 0 aliphatic rings. The van der Waals surface area contributed by atoms with Gasteiger partial charge in [-0.2, -0.15) is 0 Å². The Morgan fingerprint density at radius 2 is 2.14 bits per heavy atom. The van der Waals surface area contributed by atoms with Crippen molar-refractivity contribution in [2.45, 2.75) is 20.3 Å². The Labute approximate surface area is 133 Å². The van der Waals surface area contributed by atoms with Gasteiger partial charge in [-0.05, 0) is 38.0 Å². The minimum atomic E-state index is -0.00754. The van der Waals surface area contributed by atoms with Gasteiger partial charge >= 0.3 is 0 Å². The van der Waals surface area contributed by atoms with Crippen LogP contribution >= 0.6 is 11.3 Å². The number of aromatic nitrogens is 3. The van der Waals surface area contributed by atoms with Gasteiger partial charge in [-0.1, -0.05) is 0 Å². The minimum absolute atomic E-state index is 0.00754. The predicted molar refractivity (Wildman–Crippen MR) is 87.3 cm³/mol. The number of nitrogens with zero attached hydrogens (tertiary/aromatic N) is 4. The molecule has 114 valence electrons. The standard InChI is InChI=1S/C16H18N4OS/c1-3-19(9-6-13-4-7-17-8-5-13)15(21)14-10-20-12(2)11-22-16(20)18-14/h4-5,7-8,10-11H,3,6,9H2,1-2H3. The lowest BCUT2D eigenvalue weighted by atomic mass is 10.2. The maximum Gasteiger partial charge on any atom is 0.274 e. The Balaban J connectivity index is 1.73. The van der Waals surface area contributed by atoms with E-state index in [0.29, 0.717) is 18.8 Å². The van der Waals surface area contributed by atoms with Gasteiger partial charge in [-0.25, -0.2) is 4.98 Å². The number of rotatable bonds is 5. The van der Waals surface area contributed by atoms with Crippen molar-refractivity contribution in [1.29, 1.82) is 0 Å². The van der Waals surface area contributed by atoms with Gasteiger partial charge in [0.15, 0.2) is 4.96 Å². The highest BCUT2D eigenvalue weighted by Gasteiger charge is 2.18. The normalized spacial score (nSPS) is 11.0. The molecule has 22 heavy (non-hydrogen) atoms. The Kier molecular flexibility index (Phi) is 4.20. The number of likely N-dealkylation sites (N-methyl/N-ethyl adjacent to an activating group) is 1. The molecule has 3 rings (SSSR count). The van der Waals surface area contributed by atoms with E-state index in [0.717, 1.165) is 17.1 Å². The number of carbonyl (C=O) groups excluding carboxylic acids is 1. The van der Waals surface area contributed by atoms with E-state index < -0.39 is 0 Å². The van der Waals surface area contributed by atoms with E-state index in [2.05, 4.69) is 9.97 Å². The molecule has 0 saturated carbocycles. The SMILES string of the molecule is CCN(CCc1ccncc1)C(=O)c1cn2c(C)csc2n1. The van der Waals surface area contributed by atoms with Crippen molar-refractivity contribution in [2.24, 2.45) is 0 Å². The molecule has 0 radical (unpaired) electrons. The molecule has 0 fully saturated rings. The summed E-state index contributed by atoms with van der Waals surface area (Å²) in [5.41, 5.74) is 2.81. The fraction of sp³-hybridized carbons (Fsp3) is 0.312. The van der Waals surface area contributed by atoms with Gasteiger partial charge in [0.25, 0.3) is 5.91 Å². The molecule has 0 aliphatic carbocycles. The molecular formula is C16H18N4OS. The summed E-state index contributed by atoms with van der Waals surface area (Å²) < 4.78 is 1.97. The lowest BCUT2D eigenvalue weighted by Gasteiger charge is -2.19.